The molecule has 0 aromatic heterocycles. The van der Waals surface area contributed by atoms with E-state index in [1.807, 2.05) is 0 Å². The minimum absolute atomic E-state index is 0.00704. The molecule has 5 nitrogen and oxygen atoms in total. The lowest BCUT2D eigenvalue weighted by Crippen LogP contribution is -2.29. The van der Waals surface area contributed by atoms with Crippen LogP contribution in [0.4, 0.5) is 0 Å². The molecular formula is C22H44O5S. The van der Waals surface area contributed by atoms with Crippen molar-refractivity contribution < 1.29 is 22.9 Å². The van der Waals surface area contributed by atoms with Crippen LogP contribution in [0.3, 0.4) is 0 Å². The summed E-state index contributed by atoms with van der Waals surface area (Å²) in [5, 5.41) is 7.14. The largest absolute Gasteiger partial charge is 0.480 e. The van der Waals surface area contributed by atoms with Gasteiger partial charge in [-0.25, -0.2) is 0 Å². The van der Waals surface area contributed by atoms with Crippen molar-refractivity contribution in [3.63, 3.8) is 0 Å². The van der Waals surface area contributed by atoms with Crippen molar-refractivity contribution in [2.75, 3.05) is 0 Å². The minimum atomic E-state index is -4.49. The zero-order valence-corrected chi connectivity index (χ0v) is 18.9. The van der Waals surface area contributed by atoms with Crippen molar-refractivity contribution in [2.24, 2.45) is 0 Å². The maximum Gasteiger partial charge on any atom is 0.324 e. The fourth-order valence-electron chi connectivity index (χ4n) is 3.63. The van der Waals surface area contributed by atoms with Gasteiger partial charge in [-0.2, -0.15) is 8.42 Å². The molecule has 0 fully saturated rings. The Kier molecular flexibility index (Phi) is 18.0. The van der Waals surface area contributed by atoms with E-state index in [1.54, 1.807) is 0 Å². The van der Waals surface area contributed by atoms with Gasteiger partial charge in [-0.15, -0.1) is 0 Å². The first-order chi connectivity index (χ1) is 13.4. The van der Waals surface area contributed by atoms with Gasteiger partial charge in [0.15, 0.2) is 5.25 Å². The van der Waals surface area contributed by atoms with E-state index in [-0.39, 0.29) is 6.42 Å². The van der Waals surface area contributed by atoms with Crippen LogP contribution in [0.1, 0.15) is 129 Å². The van der Waals surface area contributed by atoms with Gasteiger partial charge >= 0.3 is 5.97 Å². The summed E-state index contributed by atoms with van der Waals surface area (Å²) in [5.41, 5.74) is 0. The number of carboxylic acid groups (broad SMARTS) is 1. The molecule has 0 saturated heterocycles. The van der Waals surface area contributed by atoms with Gasteiger partial charge in [0.1, 0.15) is 0 Å². The van der Waals surface area contributed by atoms with Crippen LogP contribution in [-0.2, 0) is 14.9 Å². The number of carboxylic acids is 1. The fourth-order valence-corrected chi connectivity index (χ4v) is 4.35. The molecule has 1 atom stereocenters. The number of rotatable bonds is 21. The van der Waals surface area contributed by atoms with E-state index in [1.165, 1.54) is 89.9 Å². The normalized spacial score (nSPS) is 12.9. The highest BCUT2D eigenvalue weighted by Gasteiger charge is 2.29. The molecule has 0 spiro atoms. The van der Waals surface area contributed by atoms with Crippen LogP contribution in [0.5, 0.6) is 0 Å². The van der Waals surface area contributed by atoms with Gasteiger partial charge in [0.25, 0.3) is 10.1 Å². The Labute approximate surface area is 173 Å². The van der Waals surface area contributed by atoms with E-state index >= 15 is 0 Å². The third-order valence-electron chi connectivity index (χ3n) is 5.45. The lowest BCUT2D eigenvalue weighted by Gasteiger charge is -2.08. The number of hydrogen-bond donors (Lipinski definition) is 2. The Morgan fingerprint density at radius 2 is 0.929 bits per heavy atom. The summed E-state index contributed by atoms with van der Waals surface area (Å²) in [4.78, 5) is 10.8. The first kappa shape index (κ1) is 27.4. The Bertz CT molecular complexity index is 462. The molecule has 0 aliphatic heterocycles. The van der Waals surface area contributed by atoms with Crippen molar-refractivity contribution in [3.8, 4) is 0 Å². The molecule has 0 aromatic carbocycles. The van der Waals surface area contributed by atoms with E-state index in [2.05, 4.69) is 6.92 Å². The second kappa shape index (κ2) is 18.4. The molecule has 0 saturated carbocycles. The van der Waals surface area contributed by atoms with Gasteiger partial charge in [0.05, 0.1) is 0 Å². The van der Waals surface area contributed by atoms with E-state index in [4.69, 9.17) is 9.66 Å². The molecule has 0 unspecified atom stereocenters. The van der Waals surface area contributed by atoms with Crippen LogP contribution >= 0.6 is 0 Å². The molecule has 0 aromatic rings. The van der Waals surface area contributed by atoms with Crippen LogP contribution in [0, 0.1) is 0 Å². The fraction of sp³-hybridized carbons (Fsp3) is 0.955. The predicted molar refractivity (Wildman–Crippen MR) is 116 cm³/mol. The highest BCUT2D eigenvalue weighted by atomic mass is 32.2. The van der Waals surface area contributed by atoms with Crippen LogP contribution in [0.25, 0.3) is 0 Å². The Hall–Kier alpha value is -0.620. The first-order valence-electron chi connectivity index (χ1n) is 11.6. The Morgan fingerprint density at radius 3 is 1.18 bits per heavy atom. The standard InChI is InChI=1S/C22H44O5S/c1-2-3-4-5-6-7-8-9-10-11-12-13-14-15-16-17-18-19-20-21(22(23)24)28(25,26)27/h21H,2-20H2,1H3,(H,23,24)(H,25,26,27)/t21-/m1/s1. The summed E-state index contributed by atoms with van der Waals surface area (Å²) in [6.45, 7) is 2.26. The van der Waals surface area contributed by atoms with Gasteiger partial charge in [-0.1, -0.05) is 122 Å². The molecular weight excluding hydrogens is 376 g/mol. The monoisotopic (exact) mass is 420 g/mol. The van der Waals surface area contributed by atoms with Crippen molar-refractivity contribution in [3.05, 3.63) is 0 Å². The smallest absolute Gasteiger partial charge is 0.324 e. The maximum absolute atomic E-state index is 11.0. The topological polar surface area (TPSA) is 91.7 Å². The van der Waals surface area contributed by atoms with Gasteiger partial charge in [-0.05, 0) is 6.42 Å². The predicted octanol–water partition coefficient (Wildman–Crippen LogP) is 6.76. The lowest BCUT2D eigenvalue weighted by molar-refractivity contribution is -0.136. The molecule has 6 heteroatoms. The third-order valence-corrected chi connectivity index (χ3v) is 6.61. The van der Waals surface area contributed by atoms with E-state index < -0.39 is 21.3 Å². The van der Waals surface area contributed by atoms with Crippen molar-refractivity contribution in [2.45, 2.75) is 134 Å². The van der Waals surface area contributed by atoms with E-state index in [0.717, 1.165) is 19.3 Å². The molecule has 0 radical (unpaired) electrons. The van der Waals surface area contributed by atoms with Crippen molar-refractivity contribution in [1.82, 2.24) is 0 Å². The highest BCUT2D eigenvalue weighted by Crippen LogP contribution is 2.16. The average Bonchev–Trinajstić information content (AvgIpc) is 2.62. The second-order valence-electron chi connectivity index (χ2n) is 8.14. The Morgan fingerprint density at radius 1 is 0.643 bits per heavy atom. The molecule has 0 bridgehead atoms. The summed E-state index contributed by atoms with van der Waals surface area (Å²) in [6.07, 6.45) is 22.3. The zero-order valence-electron chi connectivity index (χ0n) is 18.0. The molecule has 0 heterocycles. The summed E-state index contributed by atoms with van der Waals surface area (Å²) >= 11 is 0. The van der Waals surface area contributed by atoms with Gasteiger partial charge in [0, 0.05) is 0 Å². The van der Waals surface area contributed by atoms with Crippen LogP contribution in [-0.4, -0.2) is 29.3 Å². The molecule has 28 heavy (non-hydrogen) atoms. The molecule has 0 amide bonds. The maximum atomic E-state index is 11.0. The average molecular weight is 421 g/mol. The molecule has 2 N–H and O–H groups in total. The third kappa shape index (κ3) is 17.5. The van der Waals surface area contributed by atoms with Crippen LogP contribution in [0.2, 0.25) is 0 Å². The van der Waals surface area contributed by atoms with Gasteiger partial charge in [-0.3, -0.25) is 9.35 Å². The Balaban J connectivity index is 3.29. The second-order valence-corrected chi connectivity index (χ2v) is 9.74. The van der Waals surface area contributed by atoms with E-state index in [9.17, 15) is 13.2 Å². The van der Waals surface area contributed by atoms with Crippen LogP contribution in [0.15, 0.2) is 0 Å². The molecule has 0 aliphatic carbocycles. The number of unbranched alkanes of at least 4 members (excludes halogenated alkanes) is 17. The van der Waals surface area contributed by atoms with Gasteiger partial charge in [0.2, 0.25) is 0 Å². The number of aliphatic carboxylic acids is 1. The SMILES string of the molecule is CCCCCCCCCCCCCCCCCCCC[C@H](C(=O)O)S(=O)(=O)O. The number of hydrogen-bond acceptors (Lipinski definition) is 3. The molecule has 0 rings (SSSR count). The lowest BCUT2D eigenvalue weighted by atomic mass is 10.0. The molecule has 0 aliphatic rings. The van der Waals surface area contributed by atoms with E-state index in [0.29, 0.717) is 6.42 Å². The zero-order chi connectivity index (χ0) is 21.1. The highest BCUT2D eigenvalue weighted by molar-refractivity contribution is 7.87. The minimum Gasteiger partial charge on any atom is -0.480 e. The summed E-state index contributed by atoms with van der Waals surface area (Å²) in [7, 11) is -4.49. The number of carbonyl (C=O) groups is 1. The summed E-state index contributed by atoms with van der Waals surface area (Å²) in [6, 6.07) is 0. The van der Waals surface area contributed by atoms with Crippen molar-refractivity contribution >= 4 is 16.1 Å². The van der Waals surface area contributed by atoms with Gasteiger partial charge < -0.3 is 5.11 Å². The summed E-state index contributed by atoms with van der Waals surface area (Å²) in [5.74, 6) is -1.46. The van der Waals surface area contributed by atoms with Crippen molar-refractivity contribution in [1.29, 1.82) is 0 Å². The summed E-state index contributed by atoms with van der Waals surface area (Å²) < 4.78 is 30.8. The first-order valence-corrected chi connectivity index (χ1v) is 13.1. The molecule has 168 valence electrons. The van der Waals surface area contributed by atoms with Crippen LogP contribution < -0.4 is 0 Å². The quantitative estimate of drug-likeness (QED) is 0.158.